The molecule has 0 bridgehead atoms. The molecule has 1 heterocycles. The van der Waals surface area contributed by atoms with Gasteiger partial charge in [0, 0.05) is 11.1 Å². The Labute approximate surface area is 111 Å². The average molecular weight is 255 g/mol. The van der Waals surface area contributed by atoms with Crippen LogP contribution < -0.4 is 5.32 Å². The maximum atomic E-state index is 9.28. The van der Waals surface area contributed by atoms with Gasteiger partial charge in [-0.1, -0.05) is 13.0 Å². The van der Waals surface area contributed by atoms with Gasteiger partial charge in [-0.3, -0.25) is 4.98 Å². The van der Waals surface area contributed by atoms with E-state index in [9.17, 15) is 5.26 Å². The van der Waals surface area contributed by atoms with E-state index >= 15 is 0 Å². The van der Waals surface area contributed by atoms with Crippen molar-refractivity contribution in [3.8, 4) is 6.07 Å². The Bertz CT molecular complexity index is 561. The first-order valence-electron chi connectivity index (χ1n) is 5.68. The Morgan fingerprint density at radius 1 is 1.33 bits per heavy atom. The zero-order valence-electron chi connectivity index (χ0n) is 10.1. The van der Waals surface area contributed by atoms with Gasteiger partial charge in [0.1, 0.15) is 6.07 Å². The van der Waals surface area contributed by atoms with E-state index in [1.165, 1.54) is 0 Å². The Balaban J connectivity index is 2.34. The summed E-state index contributed by atoms with van der Waals surface area (Å²) in [5, 5.41) is 12.5. The number of rotatable bonds is 4. The van der Waals surface area contributed by atoms with Gasteiger partial charge in [-0.05, 0) is 30.0 Å². The summed E-state index contributed by atoms with van der Waals surface area (Å²) < 4.78 is 0. The molecule has 0 unspecified atom stereocenters. The number of nitrogens with zero attached hydrogens (tertiary/aromatic N) is 2. The molecule has 4 heteroatoms. The van der Waals surface area contributed by atoms with Crippen molar-refractivity contribution in [2.24, 2.45) is 0 Å². The molecule has 0 amide bonds. The second-order valence-electron chi connectivity index (χ2n) is 3.59. The topological polar surface area (TPSA) is 48.7 Å². The van der Waals surface area contributed by atoms with Gasteiger partial charge in [-0.2, -0.15) is 5.26 Å². The summed E-state index contributed by atoms with van der Waals surface area (Å²) >= 11 is 1.67. The van der Waals surface area contributed by atoms with Gasteiger partial charge >= 0.3 is 0 Å². The van der Waals surface area contributed by atoms with Crippen LogP contribution in [0.15, 0.2) is 47.6 Å². The van der Waals surface area contributed by atoms with Crippen LogP contribution in [-0.4, -0.2) is 10.7 Å². The lowest BCUT2D eigenvalue weighted by atomic mass is 10.2. The average Bonchev–Trinajstić information content (AvgIpc) is 2.41. The highest BCUT2D eigenvalue weighted by atomic mass is 32.2. The minimum atomic E-state index is 0.688. The highest BCUT2D eigenvalue weighted by Gasteiger charge is 2.07. The summed E-state index contributed by atoms with van der Waals surface area (Å²) in [6.45, 7) is 2.08. The summed E-state index contributed by atoms with van der Waals surface area (Å²) in [5.74, 6) is 0.949. The van der Waals surface area contributed by atoms with Crippen molar-refractivity contribution >= 4 is 23.1 Å². The Morgan fingerprint density at radius 3 is 2.89 bits per heavy atom. The first-order valence-corrected chi connectivity index (χ1v) is 6.66. The Hall–Kier alpha value is -1.99. The van der Waals surface area contributed by atoms with E-state index in [1.807, 2.05) is 30.3 Å². The molecule has 3 nitrogen and oxygen atoms in total. The van der Waals surface area contributed by atoms with Crippen LogP contribution in [0.4, 0.5) is 11.4 Å². The molecular formula is C14H13N3S. The molecule has 0 spiro atoms. The fraction of sp³-hybridized carbons (Fsp3) is 0.143. The van der Waals surface area contributed by atoms with E-state index in [4.69, 9.17) is 0 Å². The van der Waals surface area contributed by atoms with Crippen molar-refractivity contribution in [3.63, 3.8) is 0 Å². The molecule has 0 aliphatic heterocycles. The molecule has 0 saturated carbocycles. The maximum Gasteiger partial charge on any atom is 0.103 e. The fourth-order valence-corrected chi connectivity index (χ4v) is 2.40. The van der Waals surface area contributed by atoms with Crippen molar-refractivity contribution < 1.29 is 0 Å². The quantitative estimate of drug-likeness (QED) is 0.844. The molecule has 0 fully saturated rings. The Morgan fingerprint density at radius 2 is 2.22 bits per heavy atom. The number of hydrogen-bond acceptors (Lipinski definition) is 4. The van der Waals surface area contributed by atoms with E-state index < -0.39 is 0 Å². The monoisotopic (exact) mass is 255 g/mol. The summed E-state index contributed by atoms with van der Waals surface area (Å²) in [4.78, 5) is 5.05. The second kappa shape index (κ2) is 6.08. The van der Waals surface area contributed by atoms with Gasteiger partial charge in [0.2, 0.25) is 0 Å². The lowest BCUT2D eigenvalue weighted by Crippen LogP contribution is -1.95. The third kappa shape index (κ3) is 2.82. The standard InChI is InChI=1S/C14H13N3S/c1-2-18-14-7-3-6-13(12(14)9-15)17-11-5-4-8-16-10-11/h3-8,10,17H,2H2,1H3. The van der Waals surface area contributed by atoms with E-state index in [2.05, 4.69) is 23.3 Å². The second-order valence-corrected chi connectivity index (χ2v) is 4.90. The third-order valence-corrected chi connectivity index (χ3v) is 3.32. The molecule has 2 rings (SSSR count). The van der Waals surface area contributed by atoms with Crippen LogP contribution in [0.5, 0.6) is 0 Å². The predicted molar refractivity (Wildman–Crippen MR) is 75.1 cm³/mol. The summed E-state index contributed by atoms with van der Waals surface area (Å²) in [6.07, 6.45) is 3.46. The van der Waals surface area contributed by atoms with Crippen LogP contribution >= 0.6 is 11.8 Å². The summed E-state index contributed by atoms with van der Waals surface area (Å²) in [5.41, 5.74) is 2.39. The van der Waals surface area contributed by atoms with Crippen molar-refractivity contribution in [1.82, 2.24) is 4.98 Å². The first kappa shape index (κ1) is 12.5. The number of nitriles is 1. The summed E-state index contributed by atoms with van der Waals surface area (Å²) in [6, 6.07) is 11.9. The minimum absolute atomic E-state index is 0.688. The van der Waals surface area contributed by atoms with E-state index in [0.29, 0.717) is 5.56 Å². The number of hydrogen-bond donors (Lipinski definition) is 1. The minimum Gasteiger partial charge on any atom is -0.353 e. The largest absolute Gasteiger partial charge is 0.353 e. The van der Waals surface area contributed by atoms with Gasteiger partial charge in [0.25, 0.3) is 0 Å². The van der Waals surface area contributed by atoms with E-state index in [0.717, 1.165) is 22.0 Å². The highest BCUT2D eigenvalue weighted by Crippen LogP contribution is 2.29. The molecule has 18 heavy (non-hydrogen) atoms. The van der Waals surface area contributed by atoms with Gasteiger partial charge in [0.05, 0.1) is 23.1 Å². The zero-order valence-corrected chi connectivity index (χ0v) is 10.9. The smallest absolute Gasteiger partial charge is 0.103 e. The molecule has 0 aliphatic rings. The molecule has 0 radical (unpaired) electrons. The number of nitrogens with one attached hydrogen (secondary N) is 1. The highest BCUT2D eigenvalue weighted by molar-refractivity contribution is 7.99. The van der Waals surface area contributed by atoms with E-state index in [-0.39, 0.29) is 0 Å². The zero-order chi connectivity index (χ0) is 12.8. The van der Waals surface area contributed by atoms with Crippen LogP contribution in [0.2, 0.25) is 0 Å². The van der Waals surface area contributed by atoms with Crippen LogP contribution in [0, 0.1) is 11.3 Å². The number of pyridine rings is 1. The number of benzene rings is 1. The molecule has 0 aliphatic carbocycles. The lowest BCUT2D eigenvalue weighted by molar-refractivity contribution is 1.30. The lowest BCUT2D eigenvalue weighted by Gasteiger charge is -2.10. The van der Waals surface area contributed by atoms with Crippen molar-refractivity contribution in [3.05, 3.63) is 48.3 Å². The fourth-order valence-electron chi connectivity index (χ4n) is 1.62. The maximum absolute atomic E-state index is 9.28. The number of anilines is 2. The van der Waals surface area contributed by atoms with Gasteiger partial charge in [-0.25, -0.2) is 0 Å². The molecule has 1 aromatic heterocycles. The molecule has 1 aromatic carbocycles. The van der Waals surface area contributed by atoms with Crippen molar-refractivity contribution in [2.45, 2.75) is 11.8 Å². The molecule has 0 atom stereocenters. The van der Waals surface area contributed by atoms with Crippen LogP contribution in [-0.2, 0) is 0 Å². The summed E-state index contributed by atoms with van der Waals surface area (Å²) in [7, 11) is 0. The first-order chi connectivity index (χ1) is 8.85. The number of aromatic nitrogens is 1. The number of thioether (sulfide) groups is 1. The predicted octanol–water partition coefficient (Wildman–Crippen LogP) is 3.81. The van der Waals surface area contributed by atoms with Crippen molar-refractivity contribution in [1.29, 1.82) is 5.26 Å². The van der Waals surface area contributed by atoms with Crippen LogP contribution in [0.1, 0.15) is 12.5 Å². The van der Waals surface area contributed by atoms with Crippen LogP contribution in [0.3, 0.4) is 0 Å². The van der Waals surface area contributed by atoms with Gasteiger partial charge < -0.3 is 5.32 Å². The normalized spacial score (nSPS) is 9.78. The molecule has 2 aromatic rings. The SMILES string of the molecule is CCSc1cccc(Nc2cccnc2)c1C#N. The molecule has 0 saturated heterocycles. The molecule has 1 N–H and O–H groups in total. The van der Waals surface area contributed by atoms with E-state index in [1.54, 1.807) is 24.2 Å². The van der Waals surface area contributed by atoms with Crippen molar-refractivity contribution in [2.75, 3.05) is 11.1 Å². The third-order valence-electron chi connectivity index (χ3n) is 2.38. The molecular weight excluding hydrogens is 242 g/mol. The van der Waals surface area contributed by atoms with Gasteiger partial charge in [-0.15, -0.1) is 11.8 Å². The van der Waals surface area contributed by atoms with Crippen LogP contribution in [0.25, 0.3) is 0 Å². The molecule has 90 valence electrons. The Kier molecular flexibility index (Phi) is 4.21. The van der Waals surface area contributed by atoms with Gasteiger partial charge in [0.15, 0.2) is 0 Å².